The lowest BCUT2D eigenvalue weighted by Crippen LogP contribution is -2.28. The van der Waals surface area contributed by atoms with Gasteiger partial charge in [-0.25, -0.2) is 4.79 Å². The summed E-state index contributed by atoms with van der Waals surface area (Å²) in [5, 5.41) is 2.33. The zero-order valence-electron chi connectivity index (χ0n) is 9.13. The van der Waals surface area contributed by atoms with E-state index in [1.165, 1.54) is 6.20 Å². The van der Waals surface area contributed by atoms with Crippen molar-refractivity contribution in [3.63, 3.8) is 0 Å². The highest BCUT2D eigenvalue weighted by molar-refractivity contribution is 5.68. The highest BCUT2D eigenvalue weighted by Crippen LogP contribution is 2.13. The largest absolute Gasteiger partial charge is 0.449 e. The van der Waals surface area contributed by atoms with Gasteiger partial charge in [0.2, 0.25) is 0 Å². The van der Waals surface area contributed by atoms with Crippen LogP contribution in [-0.4, -0.2) is 24.9 Å². The Morgan fingerprint density at radius 2 is 2.21 bits per heavy atom. The molecule has 0 heterocycles. The monoisotopic (exact) mass is 201 g/mol. The molecule has 0 aliphatic rings. The van der Waals surface area contributed by atoms with E-state index >= 15 is 0 Å². The second-order valence-corrected chi connectivity index (χ2v) is 3.43. The zero-order chi connectivity index (χ0) is 11.0. The van der Waals surface area contributed by atoms with Gasteiger partial charge in [-0.1, -0.05) is 6.58 Å². The molecule has 0 saturated heterocycles. The summed E-state index contributed by atoms with van der Waals surface area (Å²) in [5.41, 5.74) is -0.247. The minimum Gasteiger partial charge on any atom is -0.449 e. The van der Waals surface area contributed by atoms with Gasteiger partial charge < -0.3 is 9.47 Å². The molecule has 0 aromatic carbocycles. The molecular weight excluding hydrogens is 182 g/mol. The average Bonchev–Trinajstić information content (AvgIpc) is 2.03. The molecule has 14 heavy (non-hydrogen) atoms. The van der Waals surface area contributed by atoms with Crippen molar-refractivity contribution in [2.45, 2.75) is 32.8 Å². The maximum Gasteiger partial charge on any atom is 0.411 e. The maximum absolute atomic E-state index is 10.8. The quantitative estimate of drug-likeness (QED) is 0.715. The second kappa shape index (κ2) is 6.43. The molecule has 0 rings (SSSR count). The van der Waals surface area contributed by atoms with Crippen LogP contribution in [0.5, 0.6) is 0 Å². The number of hydrogen-bond acceptors (Lipinski definition) is 3. The molecule has 4 nitrogen and oxygen atoms in total. The van der Waals surface area contributed by atoms with Crippen molar-refractivity contribution in [1.29, 1.82) is 0 Å². The van der Waals surface area contributed by atoms with E-state index in [1.807, 2.05) is 20.8 Å². The van der Waals surface area contributed by atoms with Crippen molar-refractivity contribution in [3.8, 4) is 0 Å². The standard InChI is InChI=1S/C10H19NO3/c1-5-11-9(12)13-8-7-10(3,4)14-6-2/h5H,1,6-8H2,2-4H3,(H,11,12). The van der Waals surface area contributed by atoms with Crippen LogP contribution in [0.2, 0.25) is 0 Å². The van der Waals surface area contributed by atoms with E-state index in [-0.39, 0.29) is 5.60 Å². The molecule has 82 valence electrons. The van der Waals surface area contributed by atoms with Crippen LogP contribution in [0, 0.1) is 0 Å². The van der Waals surface area contributed by atoms with E-state index < -0.39 is 6.09 Å². The molecule has 0 aromatic rings. The number of hydrogen-bond donors (Lipinski definition) is 1. The fourth-order valence-electron chi connectivity index (χ4n) is 0.977. The van der Waals surface area contributed by atoms with Crippen LogP contribution in [0.4, 0.5) is 4.79 Å². The lowest BCUT2D eigenvalue weighted by atomic mass is 10.1. The number of carbonyl (C=O) groups is 1. The highest BCUT2D eigenvalue weighted by Gasteiger charge is 2.17. The van der Waals surface area contributed by atoms with Crippen LogP contribution < -0.4 is 5.32 Å². The van der Waals surface area contributed by atoms with Gasteiger partial charge in [-0.15, -0.1) is 0 Å². The van der Waals surface area contributed by atoms with Gasteiger partial charge in [0, 0.05) is 13.0 Å². The van der Waals surface area contributed by atoms with E-state index in [0.29, 0.717) is 19.6 Å². The lowest BCUT2D eigenvalue weighted by molar-refractivity contribution is -0.0272. The Hall–Kier alpha value is -1.03. The molecule has 0 aliphatic carbocycles. The molecule has 1 amide bonds. The van der Waals surface area contributed by atoms with E-state index in [2.05, 4.69) is 11.9 Å². The van der Waals surface area contributed by atoms with Gasteiger partial charge in [-0.2, -0.15) is 0 Å². The molecule has 0 fully saturated rings. The normalized spacial score (nSPS) is 10.8. The Kier molecular flexibility index (Phi) is 5.95. The van der Waals surface area contributed by atoms with Crippen LogP contribution >= 0.6 is 0 Å². The van der Waals surface area contributed by atoms with Gasteiger partial charge in [0.05, 0.1) is 12.2 Å². The Balaban J connectivity index is 3.61. The molecule has 0 bridgehead atoms. The number of nitrogens with one attached hydrogen (secondary N) is 1. The zero-order valence-corrected chi connectivity index (χ0v) is 9.13. The fourth-order valence-corrected chi connectivity index (χ4v) is 0.977. The number of amides is 1. The molecule has 0 aliphatic heterocycles. The predicted molar refractivity (Wildman–Crippen MR) is 55.0 cm³/mol. The lowest BCUT2D eigenvalue weighted by Gasteiger charge is -2.24. The molecule has 0 saturated carbocycles. The Labute approximate surface area is 85.3 Å². The van der Waals surface area contributed by atoms with E-state index in [0.717, 1.165) is 0 Å². The first kappa shape index (κ1) is 13.0. The Morgan fingerprint density at radius 1 is 1.57 bits per heavy atom. The predicted octanol–water partition coefficient (Wildman–Crippen LogP) is 2.06. The Morgan fingerprint density at radius 3 is 2.71 bits per heavy atom. The number of carbonyl (C=O) groups excluding carboxylic acids is 1. The summed E-state index contributed by atoms with van der Waals surface area (Å²) < 4.78 is 10.3. The maximum atomic E-state index is 10.8. The van der Waals surface area contributed by atoms with Crippen LogP contribution in [0.25, 0.3) is 0 Å². The number of alkyl carbamates (subject to hydrolysis) is 1. The average molecular weight is 201 g/mol. The van der Waals surface area contributed by atoms with E-state index in [9.17, 15) is 4.79 Å². The summed E-state index contributed by atoms with van der Waals surface area (Å²) in [4.78, 5) is 10.8. The molecular formula is C10H19NO3. The first-order chi connectivity index (χ1) is 6.52. The molecule has 0 radical (unpaired) electrons. The molecule has 0 spiro atoms. The summed E-state index contributed by atoms with van der Waals surface area (Å²) in [5.74, 6) is 0. The van der Waals surface area contributed by atoms with Crippen molar-refractivity contribution in [3.05, 3.63) is 12.8 Å². The third kappa shape index (κ3) is 6.48. The van der Waals surface area contributed by atoms with Crippen LogP contribution in [0.1, 0.15) is 27.2 Å². The molecule has 0 atom stereocenters. The summed E-state index contributed by atoms with van der Waals surface area (Å²) in [6, 6.07) is 0. The molecule has 1 N–H and O–H groups in total. The summed E-state index contributed by atoms with van der Waals surface area (Å²) in [7, 11) is 0. The molecule has 0 unspecified atom stereocenters. The third-order valence-corrected chi connectivity index (χ3v) is 1.69. The minimum absolute atomic E-state index is 0.247. The van der Waals surface area contributed by atoms with Crippen LogP contribution in [-0.2, 0) is 9.47 Å². The van der Waals surface area contributed by atoms with Crippen molar-refractivity contribution in [2.75, 3.05) is 13.2 Å². The van der Waals surface area contributed by atoms with Gasteiger partial charge in [-0.3, -0.25) is 5.32 Å². The van der Waals surface area contributed by atoms with E-state index in [4.69, 9.17) is 9.47 Å². The van der Waals surface area contributed by atoms with Gasteiger partial charge >= 0.3 is 6.09 Å². The first-order valence-corrected chi connectivity index (χ1v) is 4.70. The van der Waals surface area contributed by atoms with E-state index in [1.54, 1.807) is 0 Å². The van der Waals surface area contributed by atoms with Gasteiger partial charge in [-0.05, 0) is 27.0 Å². The first-order valence-electron chi connectivity index (χ1n) is 4.70. The van der Waals surface area contributed by atoms with Gasteiger partial charge in [0.25, 0.3) is 0 Å². The molecule has 0 aromatic heterocycles. The van der Waals surface area contributed by atoms with Crippen LogP contribution in [0.15, 0.2) is 12.8 Å². The Bertz CT molecular complexity index is 190. The fraction of sp³-hybridized carbons (Fsp3) is 0.700. The van der Waals surface area contributed by atoms with Gasteiger partial charge in [0.1, 0.15) is 0 Å². The topological polar surface area (TPSA) is 47.6 Å². The van der Waals surface area contributed by atoms with Gasteiger partial charge in [0.15, 0.2) is 0 Å². The van der Waals surface area contributed by atoms with Crippen molar-refractivity contribution in [1.82, 2.24) is 5.32 Å². The van der Waals surface area contributed by atoms with Crippen molar-refractivity contribution in [2.24, 2.45) is 0 Å². The minimum atomic E-state index is -0.479. The summed E-state index contributed by atoms with van der Waals surface area (Å²) in [6.45, 7) is 10.2. The SMILES string of the molecule is C=CNC(=O)OCCC(C)(C)OCC. The third-order valence-electron chi connectivity index (χ3n) is 1.69. The molecule has 4 heteroatoms. The second-order valence-electron chi connectivity index (χ2n) is 3.43. The number of ether oxygens (including phenoxy) is 2. The highest BCUT2D eigenvalue weighted by atomic mass is 16.6. The van der Waals surface area contributed by atoms with Crippen molar-refractivity contribution >= 4 is 6.09 Å². The van der Waals surface area contributed by atoms with Crippen LogP contribution in [0.3, 0.4) is 0 Å². The summed E-state index contributed by atoms with van der Waals surface area (Å²) >= 11 is 0. The smallest absolute Gasteiger partial charge is 0.411 e. The van der Waals surface area contributed by atoms with Crippen molar-refractivity contribution < 1.29 is 14.3 Å². The number of rotatable bonds is 6. The summed E-state index contributed by atoms with van der Waals surface area (Å²) in [6.07, 6.45) is 1.48.